The molecular formula is C70H91ClN12O18. The monoisotopic (exact) mass is 1420 g/mol. The number of amides is 3. The van der Waals surface area contributed by atoms with Crippen LogP contribution in [0.2, 0.25) is 5.02 Å². The maximum atomic E-state index is 11.4. The number of aliphatic hydroxyl groups excluding tert-OH is 1. The van der Waals surface area contributed by atoms with Gasteiger partial charge in [-0.25, -0.2) is 14.8 Å². The number of rotatable bonds is 6. The lowest BCUT2D eigenvalue weighted by atomic mass is 10.1. The van der Waals surface area contributed by atoms with E-state index in [1.54, 1.807) is 92.9 Å². The molecule has 0 bridgehead atoms. The van der Waals surface area contributed by atoms with E-state index in [9.17, 15) is 39.4 Å². The smallest absolute Gasteiger partial charge is 0.373 e. The van der Waals surface area contributed by atoms with E-state index >= 15 is 0 Å². The van der Waals surface area contributed by atoms with Crippen molar-refractivity contribution in [3.63, 3.8) is 0 Å². The summed E-state index contributed by atoms with van der Waals surface area (Å²) in [6.07, 6.45) is 11.7. The maximum Gasteiger partial charge on any atom is 0.373 e. The van der Waals surface area contributed by atoms with Crippen LogP contribution in [0.1, 0.15) is 89.1 Å². The molecule has 5 N–H and O–H groups in total. The number of aryl methyl sites for hydroxylation is 4. The lowest BCUT2D eigenvalue weighted by molar-refractivity contribution is -0.384. The van der Waals surface area contributed by atoms with Crippen LogP contribution in [-0.2, 0) is 78.6 Å². The van der Waals surface area contributed by atoms with Gasteiger partial charge < -0.3 is 40.9 Å². The van der Waals surface area contributed by atoms with Gasteiger partial charge in [0.05, 0.1) is 54.2 Å². The summed E-state index contributed by atoms with van der Waals surface area (Å²) in [6.45, 7) is 7.71. The second-order valence-electron chi connectivity index (χ2n) is 19.3. The van der Waals surface area contributed by atoms with Crippen molar-refractivity contribution in [2.75, 3.05) is 73.4 Å². The Hall–Kier alpha value is -12.4. The molecule has 3 amide bonds. The fourth-order valence-corrected chi connectivity index (χ4v) is 8.54. The van der Waals surface area contributed by atoms with Crippen LogP contribution in [0.25, 0.3) is 0 Å². The number of nitrogens with zero attached hydrogens (tertiary/aromatic N) is 9. The van der Waals surface area contributed by atoms with Crippen LogP contribution in [0.3, 0.4) is 0 Å². The number of nitro groups is 2. The summed E-state index contributed by atoms with van der Waals surface area (Å²) >= 11 is 5.55. The minimum atomic E-state index is -0.491. The summed E-state index contributed by atoms with van der Waals surface area (Å²) in [4.78, 5) is 143. The standard InChI is InChI=1S/2C10H11NO2.C10H11NO.C8H10N2O2.C8H12N2.C7H6ClNO2.C7H6N4O.4CO2.6CH4/c1-11-9-4-3-8(13-2)5-7(9)6-10(11)12;1-11-9-3-2-7(6-12)4-8(9)5-10(11)13;1-7-3-4-9-8(5-7)6-10(12)11(9)2;1-6-3-4-7(9-2)8(5-6)10(11)12;1-6-3-4-8(10-2)7(9)5-6;1-5-2-3-6(8)7(4-5)9(10)11;12-7(10-3-1-8-5-10)11-4-2-9-6-11;4*2-1-3;;;;;;/h3-5H,6H2,1-2H3;2-4,12H,5-6H2,1H3;3-5H,6H2,1-2H3;3-5,9H,1-2H3;3-5,10H,9H2,1-2H3;2-4H,1H3;1-6H;;;;;6*1H4. The Balaban J connectivity index is -0.000000251. The molecule has 8 aromatic rings. The first-order valence-corrected chi connectivity index (χ1v) is 27.7. The molecule has 0 fully saturated rings. The van der Waals surface area contributed by atoms with Crippen molar-refractivity contribution in [1.29, 1.82) is 0 Å². The van der Waals surface area contributed by atoms with Gasteiger partial charge in [-0.15, -0.1) is 0 Å². The third-order valence-corrected chi connectivity index (χ3v) is 13.2. The number of nitrogen functional groups attached to an aromatic ring is 1. The summed E-state index contributed by atoms with van der Waals surface area (Å²) < 4.78 is 7.83. The fourth-order valence-electron chi connectivity index (χ4n) is 8.35. The maximum absolute atomic E-state index is 11.4. The van der Waals surface area contributed by atoms with Crippen LogP contribution in [0.4, 0.5) is 50.3 Å². The Morgan fingerprint density at radius 1 is 0.545 bits per heavy atom. The van der Waals surface area contributed by atoms with Crippen LogP contribution in [-0.4, -0.2) is 125 Å². The molecular weight excluding hydrogens is 1330 g/mol. The molecule has 0 saturated heterocycles. The number of nitro benzene ring substituents is 2. The molecule has 101 heavy (non-hydrogen) atoms. The van der Waals surface area contributed by atoms with Crippen molar-refractivity contribution in [2.45, 2.75) is 98.1 Å². The molecule has 0 atom stereocenters. The quantitative estimate of drug-likeness (QED) is 0.0682. The molecule has 2 aromatic heterocycles. The highest BCUT2D eigenvalue weighted by Gasteiger charge is 2.26. The van der Waals surface area contributed by atoms with Crippen LogP contribution in [0.15, 0.2) is 147 Å². The second-order valence-corrected chi connectivity index (χ2v) is 19.7. The van der Waals surface area contributed by atoms with Gasteiger partial charge in [0.15, 0.2) is 0 Å². The third-order valence-electron chi connectivity index (χ3n) is 12.9. The van der Waals surface area contributed by atoms with Crippen molar-refractivity contribution in [3.8, 4) is 5.75 Å². The average Bonchev–Trinajstić information content (AvgIpc) is 1.68. The van der Waals surface area contributed by atoms with Gasteiger partial charge in [0.2, 0.25) is 17.7 Å². The first-order valence-electron chi connectivity index (χ1n) is 27.3. The van der Waals surface area contributed by atoms with Crippen LogP contribution in [0.5, 0.6) is 5.75 Å². The highest BCUT2D eigenvalue weighted by Crippen LogP contribution is 2.32. The molecule has 30 nitrogen and oxygen atoms in total. The number of hydrogen-bond donors (Lipinski definition) is 4. The molecule has 6 aromatic carbocycles. The largest absolute Gasteiger partial charge is 0.497 e. The summed E-state index contributed by atoms with van der Waals surface area (Å²) in [5, 5.41) is 35.6. The Labute approximate surface area is 593 Å². The van der Waals surface area contributed by atoms with Gasteiger partial charge in [0.1, 0.15) is 29.1 Å². The zero-order chi connectivity index (χ0) is 71.9. The predicted octanol–water partition coefficient (Wildman–Crippen LogP) is 11.6. The SMILES string of the molecule is C.C.C.C.C.C.CN1C(=O)Cc2cc(CO)ccc21.CNc1ccc(C)cc1N.CNc1ccc(C)cc1[N+](=O)[O-].COc1ccc2c(c1)CC(=O)N2C.Cc1ccc(Cl)c([N+](=O)[O-])c1.Cc1ccc2c(c1)CC(=O)N2C.O=C(n1ccnc1)n1ccnc1.O=C=O.O=C=O.O=C=O.O=C=O. The van der Waals surface area contributed by atoms with E-state index in [0.717, 1.165) is 67.6 Å². The number of anilines is 6. The number of halogens is 1. The molecule has 3 aliphatic heterocycles. The summed E-state index contributed by atoms with van der Waals surface area (Å²) in [6, 6.07) is 33.0. The number of ether oxygens (including phenoxy) is 1. The number of carbonyl (C=O) groups excluding carboxylic acids is 12. The average molecular weight is 1420 g/mol. The first-order chi connectivity index (χ1) is 45.1. The van der Waals surface area contributed by atoms with E-state index in [1.165, 1.54) is 45.0 Å². The number of aromatic nitrogens is 4. The number of likely N-dealkylation sites (N-methyl/N-ethyl adjacent to an activating group) is 3. The van der Waals surface area contributed by atoms with Gasteiger partial charge in [0, 0.05) is 89.2 Å². The summed E-state index contributed by atoms with van der Waals surface area (Å²) in [5.41, 5.74) is 19.3. The van der Waals surface area contributed by atoms with Crippen molar-refractivity contribution in [3.05, 3.63) is 216 Å². The Morgan fingerprint density at radius 3 is 1.26 bits per heavy atom. The van der Waals surface area contributed by atoms with Gasteiger partial charge in [-0.3, -0.25) is 43.7 Å². The molecule has 31 heteroatoms. The summed E-state index contributed by atoms with van der Waals surface area (Å²) in [7, 11) is 10.5. The van der Waals surface area contributed by atoms with Crippen molar-refractivity contribution >= 4 is 105 Å². The summed E-state index contributed by atoms with van der Waals surface area (Å²) in [5.74, 6) is 1.26. The van der Waals surface area contributed by atoms with Gasteiger partial charge >= 0.3 is 30.6 Å². The number of benzene rings is 6. The molecule has 0 unspecified atom stereocenters. The zero-order valence-electron chi connectivity index (χ0n) is 53.1. The first kappa shape index (κ1) is 99.6. The number of nitrogens with two attached hydrogens (primary N) is 1. The van der Waals surface area contributed by atoms with E-state index in [0.29, 0.717) is 24.9 Å². The number of carbonyl (C=O) groups is 4. The molecule has 0 radical (unpaired) electrons. The molecule has 0 aliphatic carbocycles. The number of hydrogen-bond acceptors (Lipinski definition) is 23. The molecule has 5 heterocycles. The number of aliphatic hydroxyl groups is 1. The lowest BCUT2D eigenvalue weighted by Gasteiger charge is -2.09. The molecule has 546 valence electrons. The highest BCUT2D eigenvalue weighted by atomic mass is 35.5. The van der Waals surface area contributed by atoms with Gasteiger partial charge in [-0.2, -0.15) is 38.4 Å². The van der Waals surface area contributed by atoms with Gasteiger partial charge in [-0.05, 0) is 121 Å². The van der Waals surface area contributed by atoms with E-state index in [4.69, 9.17) is 65.5 Å². The minimum Gasteiger partial charge on any atom is -0.497 e. The Morgan fingerprint density at radius 2 is 0.891 bits per heavy atom. The molecule has 11 rings (SSSR count). The number of imidazole rings is 2. The lowest BCUT2D eigenvalue weighted by Crippen LogP contribution is -2.20. The van der Waals surface area contributed by atoms with Crippen LogP contribution >= 0.6 is 11.6 Å². The van der Waals surface area contributed by atoms with Crippen molar-refractivity contribution in [1.82, 2.24) is 19.1 Å². The zero-order valence-corrected chi connectivity index (χ0v) is 53.8. The third kappa shape index (κ3) is 32.9. The topological polar surface area (TPSA) is 416 Å². The molecule has 0 saturated carbocycles. The molecule has 3 aliphatic rings. The van der Waals surface area contributed by atoms with E-state index < -0.39 is 9.85 Å². The van der Waals surface area contributed by atoms with E-state index in [2.05, 4.69) is 26.7 Å². The minimum absolute atomic E-state index is 0. The van der Waals surface area contributed by atoms with Gasteiger partial charge in [-0.1, -0.05) is 104 Å². The number of nitrogens with one attached hydrogen (secondary N) is 2. The Bertz CT molecular complexity index is 3860. The number of fused-ring (bicyclic) bond motifs is 3. The number of methoxy groups -OCH3 is 1. The van der Waals surface area contributed by atoms with Crippen molar-refractivity contribution < 1.29 is 77.2 Å². The highest BCUT2D eigenvalue weighted by molar-refractivity contribution is 6.32. The van der Waals surface area contributed by atoms with Crippen molar-refractivity contribution in [2.24, 2.45) is 0 Å². The van der Waals surface area contributed by atoms with Gasteiger partial charge in [0.25, 0.3) is 11.4 Å². The van der Waals surface area contributed by atoms with Crippen LogP contribution in [0, 0.1) is 47.9 Å². The predicted molar refractivity (Wildman–Crippen MR) is 384 cm³/mol. The van der Waals surface area contributed by atoms with E-state index in [1.807, 2.05) is 108 Å². The fraction of sp³-hybridized carbons (Fsp3) is 0.286. The van der Waals surface area contributed by atoms with Crippen LogP contribution < -0.4 is 35.8 Å². The second kappa shape index (κ2) is 52.7. The normalized spacial score (nSPS) is 10.2. The van der Waals surface area contributed by atoms with E-state index in [-0.39, 0.29) is 116 Å². The molecule has 0 spiro atoms. The Kier molecular flexibility index (Phi) is 52.0.